The number of aliphatic hydroxyl groups is 1. The number of benzene rings is 1. The van der Waals surface area contributed by atoms with Crippen molar-refractivity contribution >= 4 is 5.69 Å². The summed E-state index contributed by atoms with van der Waals surface area (Å²) < 4.78 is 0. The third-order valence-electron chi connectivity index (χ3n) is 3.25. The second kappa shape index (κ2) is 4.88. The van der Waals surface area contributed by atoms with Gasteiger partial charge in [0.15, 0.2) is 0 Å². The molecule has 0 spiro atoms. The molecule has 0 fully saturated rings. The molecule has 1 aromatic rings. The topological polar surface area (TPSA) is 23.5 Å². The van der Waals surface area contributed by atoms with E-state index in [9.17, 15) is 5.11 Å². The Morgan fingerprint density at radius 2 is 2.25 bits per heavy atom. The van der Waals surface area contributed by atoms with Crippen molar-refractivity contribution in [3.05, 3.63) is 29.3 Å². The zero-order valence-corrected chi connectivity index (χ0v) is 10.2. The number of nitrogens with zero attached hydrogens (tertiary/aromatic N) is 1. The van der Waals surface area contributed by atoms with E-state index in [0.29, 0.717) is 0 Å². The van der Waals surface area contributed by atoms with Gasteiger partial charge < -0.3 is 10.0 Å². The van der Waals surface area contributed by atoms with Crippen molar-refractivity contribution in [2.75, 3.05) is 18.0 Å². The van der Waals surface area contributed by atoms with Crippen LogP contribution in [-0.2, 0) is 6.42 Å². The lowest BCUT2D eigenvalue weighted by molar-refractivity contribution is 0.175. The number of unbranched alkanes of at least 4 members (excludes halogenated alkanes) is 1. The Labute approximate surface area is 97.9 Å². The Bertz CT molecular complexity index is 362. The van der Waals surface area contributed by atoms with Gasteiger partial charge in [0.05, 0.1) is 6.10 Å². The van der Waals surface area contributed by atoms with E-state index in [0.717, 1.165) is 19.5 Å². The molecule has 88 valence electrons. The minimum atomic E-state index is -0.202. The van der Waals surface area contributed by atoms with Crippen LogP contribution in [0.5, 0.6) is 0 Å². The van der Waals surface area contributed by atoms with Crippen molar-refractivity contribution < 1.29 is 5.11 Å². The Hall–Kier alpha value is -1.02. The van der Waals surface area contributed by atoms with E-state index in [2.05, 4.69) is 36.9 Å². The van der Waals surface area contributed by atoms with Crippen molar-refractivity contribution in [3.63, 3.8) is 0 Å². The standard InChI is InChI=1S/C14H21NO/c1-3-4-7-15-10-13(16)9-12-6-5-11(2)8-14(12)15/h5-6,8,13,16H,3-4,7,9-10H2,1-2H3. The molecule has 1 aliphatic rings. The Kier molecular flexibility index (Phi) is 3.49. The SMILES string of the molecule is CCCCN1CC(O)Cc2ccc(C)cc21. The number of aryl methyl sites for hydroxylation is 1. The molecule has 0 radical (unpaired) electrons. The van der Waals surface area contributed by atoms with Crippen LogP contribution in [0, 0.1) is 6.92 Å². The van der Waals surface area contributed by atoms with E-state index in [1.807, 2.05) is 0 Å². The predicted octanol–water partition coefficient (Wildman–Crippen LogP) is 2.52. The van der Waals surface area contributed by atoms with Crippen LogP contribution >= 0.6 is 0 Å². The molecule has 2 rings (SSSR count). The average molecular weight is 219 g/mol. The third kappa shape index (κ3) is 2.38. The van der Waals surface area contributed by atoms with Gasteiger partial charge in [0.25, 0.3) is 0 Å². The summed E-state index contributed by atoms with van der Waals surface area (Å²) >= 11 is 0. The number of β-amino-alcohol motifs (C(OH)–C–C–N with tert-alkyl or cyclic N) is 1. The zero-order chi connectivity index (χ0) is 11.5. The molecule has 0 amide bonds. The highest BCUT2D eigenvalue weighted by Crippen LogP contribution is 2.28. The first kappa shape index (κ1) is 11.5. The van der Waals surface area contributed by atoms with Gasteiger partial charge in [-0.1, -0.05) is 25.5 Å². The van der Waals surface area contributed by atoms with Gasteiger partial charge in [0.1, 0.15) is 0 Å². The number of rotatable bonds is 3. The largest absolute Gasteiger partial charge is 0.391 e. The molecular weight excluding hydrogens is 198 g/mol. The summed E-state index contributed by atoms with van der Waals surface area (Å²) in [6.45, 7) is 6.18. The Morgan fingerprint density at radius 1 is 1.44 bits per heavy atom. The van der Waals surface area contributed by atoms with Crippen LogP contribution in [0.25, 0.3) is 0 Å². The molecule has 0 saturated heterocycles. The number of anilines is 1. The average Bonchev–Trinajstić information content (AvgIpc) is 2.26. The molecule has 1 unspecified atom stereocenters. The van der Waals surface area contributed by atoms with E-state index >= 15 is 0 Å². The summed E-state index contributed by atoms with van der Waals surface area (Å²) in [5.74, 6) is 0. The van der Waals surface area contributed by atoms with Crippen molar-refractivity contribution in [3.8, 4) is 0 Å². The van der Waals surface area contributed by atoms with Crippen LogP contribution in [0.2, 0.25) is 0 Å². The summed E-state index contributed by atoms with van der Waals surface area (Å²) in [4.78, 5) is 2.33. The first-order chi connectivity index (χ1) is 7.70. The first-order valence-electron chi connectivity index (χ1n) is 6.23. The molecule has 0 aromatic heterocycles. The van der Waals surface area contributed by atoms with Gasteiger partial charge in [-0.05, 0) is 30.5 Å². The Morgan fingerprint density at radius 3 is 3.00 bits per heavy atom. The molecule has 1 aliphatic heterocycles. The van der Waals surface area contributed by atoms with Gasteiger partial charge in [-0.3, -0.25) is 0 Å². The maximum Gasteiger partial charge on any atom is 0.0756 e. The fraction of sp³-hybridized carbons (Fsp3) is 0.571. The fourth-order valence-corrected chi connectivity index (χ4v) is 2.37. The smallest absolute Gasteiger partial charge is 0.0756 e. The van der Waals surface area contributed by atoms with E-state index in [1.54, 1.807) is 0 Å². The number of aliphatic hydroxyl groups excluding tert-OH is 1. The van der Waals surface area contributed by atoms with Gasteiger partial charge in [-0.15, -0.1) is 0 Å². The van der Waals surface area contributed by atoms with E-state index in [1.165, 1.54) is 29.7 Å². The van der Waals surface area contributed by atoms with Crippen LogP contribution in [0.4, 0.5) is 5.69 Å². The second-order valence-corrected chi connectivity index (χ2v) is 4.79. The molecule has 16 heavy (non-hydrogen) atoms. The second-order valence-electron chi connectivity index (χ2n) is 4.79. The maximum atomic E-state index is 9.85. The van der Waals surface area contributed by atoms with Crippen LogP contribution in [0.3, 0.4) is 0 Å². The fourth-order valence-electron chi connectivity index (χ4n) is 2.37. The minimum Gasteiger partial charge on any atom is -0.391 e. The molecule has 1 N–H and O–H groups in total. The highest BCUT2D eigenvalue weighted by atomic mass is 16.3. The number of hydrogen-bond acceptors (Lipinski definition) is 2. The van der Waals surface area contributed by atoms with Gasteiger partial charge in [0, 0.05) is 25.2 Å². The van der Waals surface area contributed by atoms with Gasteiger partial charge >= 0.3 is 0 Å². The summed E-state index contributed by atoms with van der Waals surface area (Å²) in [7, 11) is 0. The molecular formula is C14H21NO. The third-order valence-corrected chi connectivity index (χ3v) is 3.25. The zero-order valence-electron chi connectivity index (χ0n) is 10.2. The monoisotopic (exact) mass is 219 g/mol. The van der Waals surface area contributed by atoms with Crippen LogP contribution in [0.1, 0.15) is 30.9 Å². The van der Waals surface area contributed by atoms with Gasteiger partial charge in [-0.2, -0.15) is 0 Å². The molecule has 1 aromatic carbocycles. The highest BCUT2D eigenvalue weighted by Gasteiger charge is 2.22. The molecule has 0 bridgehead atoms. The minimum absolute atomic E-state index is 0.202. The summed E-state index contributed by atoms with van der Waals surface area (Å²) in [6, 6.07) is 6.54. The quantitative estimate of drug-likeness (QED) is 0.844. The van der Waals surface area contributed by atoms with E-state index < -0.39 is 0 Å². The maximum absolute atomic E-state index is 9.85. The highest BCUT2D eigenvalue weighted by molar-refractivity contribution is 5.57. The molecule has 0 saturated carbocycles. The number of hydrogen-bond donors (Lipinski definition) is 1. The van der Waals surface area contributed by atoms with Crippen molar-refractivity contribution in [2.45, 2.75) is 39.2 Å². The molecule has 1 atom stereocenters. The van der Waals surface area contributed by atoms with Gasteiger partial charge in [-0.25, -0.2) is 0 Å². The molecule has 1 heterocycles. The van der Waals surface area contributed by atoms with E-state index in [4.69, 9.17) is 0 Å². The van der Waals surface area contributed by atoms with Crippen molar-refractivity contribution in [2.24, 2.45) is 0 Å². The predicted molar refractivity (Wildman–Crippen MR) is 68.0 cm³/mol. The summed E-state index contributed by atoms with van der Waals surface area (Å²) in [5, 5.41) is 9.85. The lowest BCUT2D eigenvalue weighted by Gasteiger charge is -2.34. The van der Waals surface area contributed by atoms with Crippen molar-refractivity contribution in [1.29, 1.82) is 0 Å². The molecule has 2 nitrogen and oxygen atoms in total. The summed E-state index contributed by atoms with van der Waals surface area (Å²) in [6.07, 6.45) is 3.00. The lowest BCUT2D eigenvalue weighted by atomic mass is 9.98. The normalized spacial score (nSPS) is 19.7. The first-order valence-corrected chi connectivity index (χ1v) is 6.23. The van der Waals surface area contributed by atoms with Crippen molar-refractivity contribution in [1.82, 2.24) is 0 Å². The molecule has 0 aliphatic carbocycles. The number of fused-ring (bicyclic) bond motifs is 1. The summed E-state index contributed by atoms with van der Waals surface area (Å²) in [5.41, 5.74) is 3.93. The molecule has 2 heteroatoms. The van der Waals surface area contributed by atoms with E-state index in [-0.39, 0.29) is 6.10 Å². The van der Waals surface area contributed by atoms with Gasteiger partial charge in [0.2, 0.25) is 0 Å². The van der Waals surface area contributed by atoms with Crippen LogP contribution in [-0.4, -0.2) is 24.3 Å². The van der Waals surface area contributed by atoms with Crippen LogP contribution < -0.4 is 4.90 Å². The lowest BCUT2D eigenvalue weighted by Crippen LogP contribution is -2.39. The Balaban J connectivity index is 2.24. The van der Waals surface area contributed by atoms with Crippen LogP contribution in [0.15, 0.2) is 18.2 Å².